The molecule has 0 N–H and O–H groups in total. The van der Waals surface area contributed by atoms with Crippen LogP contribution in [0.15, 0.2) is 53.9 Å². The van der Waals surface area contributed by atoms with Crippen molar-refractivity contribution in [2.75, 3.05) is 13.4 Å². The van der Waals surface area contributed by atoms with Crippen LogP contribution in [-0.4, -0.2) is 41.9 Å². The largest absolute Gasteiger partial charge is 0.497 e. The first-order valence-corrected chi connectivity index (χ1v) is 10.3. The number of nitrogens with zero attached hydrogens (tertiary/aromatic N) is 4. The molecular formula is C19H17FN4O3S. The molecule has 2 aromatic carbocycles. The highest BCUT2D eigenvalue weighted by Gasteiger charge is 2.36. The molecule has 0 aliphatic carbocycles. The summed E-state index contributed by atoms with van der Waals surface area (Å²) in [6.45, 7) is 0. The minimum absolute atomic E-state index is 0.214. The lowest BCUT2D eigenvalue weighted by molar-refractivity contribution is 0.376. The van der Waals surface area contributed by atoms with E-state index in [4.69, 9.17) is 4.74 Å². The summed E-state index contributed by atoms with van der Waals surface area (Å²) in [7, 11) is -2.24. The fourth-order valence-electron chi connectivity index (χ4n) is 3.33. The molecule has 28 heavy (non-hydrogen) atoms. The van der Waals surface area contributed by atoms with Gasteiger partial charge in [0, 0.05) is 36.0 Å². The number of halogens is 1. The third kappa shape index (κ3) is 3.18. The molecule has 0 fully saturated rings. The number of sulfonamides is 1. The van der Waals surface area contributed by atoms with E-state index in [9.17, 15) is 12.8 Å². The second-order valence-electron chi connectivity index (χ2n) is 6.42. The van der Waals surface area contributed by atoms with Crippen molar-refractivity contribution in [3.05, 3.63) is 65.7 Å². The average Bonchev–Trinajstić information content (AvgIpc) is 3.12. The van der Waals surface area contributed by atoms with Crippen LogP contribution in [0.2, 0.25) is 0 Å². The molecule has 2 heterocycles. The highest BCUT2D eigenvalue weighted by atomic mass is 32.2. The molecule has 0 saturated carbocycles. The summed E-state index contributed by atoms with van der Waals surface area (Å²) < 4.78 is 45.4. The van der Waals surface area contributed by atoms with Gasteiger partial charge in [0.15, 0.2) is 0 Å². The number of para-hydroxylation sites is 1. The zero-order valence-corrected chi connectivity index (χ0v) is 16.0. The lowest BCUT2D eigenvalue weighted by Crippen LogP contribution is -2.26. The maximum absolute atomic E-state index is 14.5. The first-order valence-electron chi connectivity index (χ1n) is 8.49. The lowest BCUT2D eigenvalue weighted by atomic mass is 9.97. The summed E-state index contributed by atoms with van der Waals surface area (Å²) in [5.41, 5.74) is 2.50. The molecule has 1 aliphatic heterocycles. The molecule has 0 amide bonds. The third-order valence-corrected chi connectivity index (χ3v) is 5.60. The van der Waals surface area contributed by atoms with Gasteiger partial charge in [-0.1, -0.05) is 12.1 Å². The summed E-state index contributed by atoms with van der Waals surface area (Å²) >= 11 is 0. The zero-order chi connectivity index (χ0) is 19.9. The van der Waals surface area contributed by atoms with Crippen LogP contribution in [0, 0.1) is 5.82 Å². The Bertz CT molecular complexity index is 1190. The van der Waals surface area contributed by atoms with Crippen LogP contribution >= 0.6 is 0 Å². The molecule has 1 aromatic heterocycles. The van der Waals surface area contributed by atoms with Gasteiger partial charge in [0.05, 0.1) is 36.2 Å². The number of fused-ring (bicyclic) bond motifs is 1. The molecule has 0 spiro atoms. The minimum atomic E-state index is -3.68. The summed E-state index contributed by atoms with van der Waals surface area (Å²) in [4.78, 5) is 8.62. The Hall–Kier alpha value is -3.07. The second kappa shape index (κ2) is 6.83. The van der Waals surface area contributed by atoms with Gasteiger partial charge in [0.25, 0.3) is 0 Å². The highest BCUT2D eigenvalue weighted by molar-refractivity contribution is 7.88. The van der Waals surface area contributed by atoms with Gasteiger partial charge in [-0.15, -0.1) is 0 Å². The Kier molecular flexibility index (Phi) is 4.46. The van der Waals surface area contributed by atoms with Crippen LogP contribution in [0.25, 0.3) is 11.0 Å². The number of benzene rings is 2. The Morgan fingerprint density at radius 2 is 1.96 bits per heavy atom. The van der Waals surface area contributed by atoms with Gasteiger partial charge in [-0.2, -0.15) is 9.52 Å². The lowest BCUT2D eigenvalue weighted by Gasteiger charge is -2.22. The molecule has 9 heteroatoms. The van der Waals surface area contributed by atoms with Crippen molar-refractivity contribution in [3.63, 3.8) is 0 Å². The van der Waals surface area contributed by atoms with E-state index >= 15 is 0 Å². The van der Waals surface area contributed by atoms with Gasteiger partial charge >= 0.3 is 0 Å². The quantitative estimate of drug-likeness (QED) is 0.672. The molecule has 1 atom stereocenters. The molecule has 1 aliphatic rings. The van der Waals surface area contributed by atoms with Crippen molar-refractivity contribution in [3.8, 4) is 5.75 Å². The van der Waals surface area contributed by atoms with Crippen LogP contribution in [0.3, 0.4) is 0 Å². The Labute approximate surface area is 161 Å². The number of rotatable bonds is 4. The van der Waals surface area contributed by atoms with Crippen LogP contribution in [0.4, 0.5) is 4.39 Å². The SMILES string of the molecule is COc1ccc(C2=NN(S(C)(=O)=O)C(c3cccc4nccnc34)C2)c(F)c1. The van der Waals surface area contributed by atoms with Gasteiger partial charge < -0.3 is 4.74 Å². The van der Waals surface area contributed by atoms with Crippen molar-refractivity contribution in [2.45, 2.75) is 12.5 Å². The van der Waals surface area contributed by atoms with E-state index in [1.807, 2.05) is 0 Å². The van der Waals surface area contributed by atoms with Crippen LogP contribution < -0.4 is 4.74 Å². The van der Waals surface area contributed by atoms with Gasteiger partial charge in [-0.05, 0) is 18.2 Å². The van der Waals surface area contributed by atoms with E-state index < -0.39 is 21.9 Å². The van der Waals surface area contributed by atoms with Crippen LogP contribution in [0.5, 0.6) is 5.75 Å². The van der Waals surface area contributed by atoms with Crippen molar-refractivity contribution >= 4 is 26.8 Å². The number of hydrogen-bond acceptors (Lipinski definition) is 6. The zero-order valence-electron chi connectivity index (χ0n) is 15.2. The Morgan fingerprint density at radius 3 is 2.68 bits per heavy atom. The Morgan fingerprint density at radius 1 is 1.18 bits per heavy atom. The predicted octanol–water partition coefficient (Wildman–Crippen LogP) is 2.89. The van der Waals surface area contributed by atoms with Crippen LogP contribution in [-0.2, 0) is 10.0 Å². The number of hydrogen-bond donors (Lipinski definition) is 0. The average molecular weight is 400 g/mol. The van der Waals surface area contributed by atoms with E-state index in [2.05, 4.69) is 15.1 Å². The monoisotopic (exact) mass is 400 g/mol. The molecule has 0 bridgehead atoms. The van der Waals surface area contributed by atoms with Crippen molar-refractivity contribution in [2.24, 2.45) is 5.10 Å². The topological polar surface area (TPSA) is 84.8 Å². The number of aromatic nitrogens is 2. The molecule has 3 aromatic rings. The van der Waals surface area contributed by atoms with E-state index in [1.165, 1.54) is 13.2 Å². The standard InChI is InChI=1S/C19H17FN4O3S/c1-27-12-6-7-13(15(20)10-12)17-11-18(24(23-17)28(2,25)26)14-4-3-5-16-19(14)22-9-8-21-16/h3-10,18H,11H2,1-2H3. The fourth-order valence-corrected chi connectivity index (χ4v) is 4.23. The third-order valence-electron chi connectivity index (χ3n) is 4.59. The van der Waals surface area contributed by atoms with E-state index in [0.717, 1.165) is 10.7 Å². The molecule has 7 nitrogen and oxygen atoms in total. The maximum Gasteiger partial charge on any atom is 0.247 e. The smallest absolute Gasteiger partial charge is 0.247 e. The van der Waals surface area contributed by atoms with Crippen molar-refractivity contribution in [1.82, 2.24) is 14.4 Å². The number of hydrazone groups is 1. The van der Waals surface area contributed by atoms with Crippen molar-refractivity contribution in [1.29, 1.82) is 0 Å². The number of ether oxygens (including phenoxy) is 1. The summed E-state index contributed by atoms with van der Waals surface area (Å²) in [6.07, 6.45) is 4.42. The molecule has 1 unspecified atom stereocenters. The van der Waals surface area contributed by atoms with Crippen molar-refractivity contribution < 1.29 is 17.5 Å². The van der Waals surface area contributed by atoms with E-state index in [0.29, 0.717) is 28.1 Å². The minimum Gasteiger partial charge on any atom is -0.497 e. The fraction of sp³-hybridized carbons (Fsp3) is 0.211. The van der Waals surface area contributed by atoms with Gasteiger partial charge in [-0.25, -0.2) is 12.8 Å². The normalized spacial score (nSPS) is 17.0. The molecule has 144 valence electrons. The summed E-state index contributed by atoms with van der Waals surface area (Å²) in [6, 6.07) is 9.16. The summed E-state index contributed by atoms with van der Waals surface area (Å²) in [5.74, 6) is -0.148. The predicted molar refractivity (Wildman–Crippen MR) is 103 cm³/mol. The van der Waals surface area contributed by atoms with E-state index in [-0.39, 0.29) is 12.0 Å². The Balaban J connectivity index is 1.82. The number of methoxy groups -OCH3 is 1. The molecular weight excluding hydrogens is 383 g/mol. The summed E-state index contributed by atoms with van der Waals surface area (Å²) in [5, 5.41) is 4.24. The van der Waals surface area contributed by atoms with Gasteiger partial charge in [-0.3, -0.25) is 9.97 Å². The first-order chi connectivity index (χ1) is 13.4. The van der Waals surface area contributed by atoms with E-state index in [1.54, 1.807) is 42.7 Å². The maximum atomic E-state index is 14.5. The highest BCUT2D eigenvalue weighted by Crippen LogP contribution is 2.37. The van der Waals surface area contributed by atoms with Crippen LogP contribution in [0.1, 0.15) is 23.6 Å². The van der Waals surface area contributed by atoms with Gasteiger partial charge in [0.2, 0.25) is 10.0 Å². The first kappa shape index (κ1) is 18.3. The molecule has 0 radical (unpaired) electrons. The second-order valence-corrected chi connectivity index (χ2v) is 8.26. The molecule has 0 saturated heterocycles. The van der Waals surface area contributed by atoms with Gasteiger partial charge in [0.1, 0.15) is 11.6 Å². The molecule has 4 rings (SSSR count).